The molecule has 0 atom stereocenters. The summed E-state index contributed by atoms with van der Waals surface area (Å²) in [7, 11) is 0. The summed E-state index contributed by atoms with van der Waals surface area (Å²) in [6.07, 6.45) is 0. The van der Waals surface area contributed by atoms with E-state index in [0.29, 0.717) is 18.8 Å². The lowest BCUT2D eigenvalue weighted by Crippen LogP contribution is -2.29. The number of hydrogen-bond acceptors (Lipinski definition) is 3. The van der Waals surface area contributed by atoms with Gasteiger partial charge < -0.3 is 10.6 Å². The summed E-state index contributed by atoms with van der Waals surface area (Å²) < 4.78 is 0. The van der Waals surface area contributed by atoms with Gasteiger partial charge in [0.2, 0.25) is 0 Å². The normalized spacial score (nSPS) is 10.6. The second kappa shape index (κ2) is 6.09. The van der Waals surface area contributed by atoms with Gasteiger partial charge in [-0.15, -0.1) is 11.3 Å². The number of anilines is 1. The summed E-state index contributed by atoms with van der Waals surface area (Å²) in [6.45, 7) is 7.31. The highest BCUT2D eigenvalue weighted by Crippen LogP contribution is 2.25. The second-order valence-corrected chi connectivity index (χ2v) is 6.19. The number of nitrogen functional groups attached to an aromatic ring is 1. The zero-order chi connectivity index (χ0) is 14.7. The Morgan fingerprint density at radius 2 is 2.05 bits per heavy atom. The number of thiophene rings is 1. The molecule has 1 heterocycles. The Bertz CT molecular complexity index is 599. The Hall–Kier alpha value is -1.81. The van der Waals surface area contributed by atoms with E-state index in [0.717, 1.165) is 15.3 Å². The average molecular weight is 288 g/mol. The predicted octanol–water partition coefficient (Wildman–Crippen LogP) is 3.61. The van der Waals surface area contributed by atoms with E-state index in [1.807, 2.05) is 24.8 Å². The van der Waals surface area contributed by atoms with Gasteiger partial charge >= 0.3 is 0 Å². The highest BCUT2D eigenvalue weighted by Gasteiger charge is 2.17. The van der Waals surface area contributed by atoms with Gasteiger partial charge in [-0.2, -0.15) is 0 Å². The van der Waals surface area contributed by atoms with Crippen LogP contribution < -0.4 is 5.73 Å². The van der Waals surface area contributed by atoms with E-state index in [1.54, 1.807) is 6.07 Å². The highest BCUT2D eigenvalue weighted by molar-refractivity contribution is 7.14. The first-order chi connectivity index (χ1) is 9.51. The molecule has 0 unspecified atom stereocenters. The molecule has 0 aliphatic heterocycles. The lowest BCUT2D eigenvalue weighted by Gasteiger charge is -2.20. The van der Waals surface area contributed by atoms with Crippen LogP contribution in [0.15, 0.2) is 30.3 Å². The van der Waals surface area contributed by atoms with Crippen molar-refractivity contribution in [3.8, 4) is 0 Å². The maximum absolute atomic E-state index is 12.5. The molecule has 1 amide bonds. The molecule has 2 rings (SSSR count). The molecule has 0 fully saturated rings. The van der Waals surface area contributed by atoms with E-state index in [2.05, 4.69) is 25.1 Å². The van der Waals surface area contributed by atoms with Crippen molar-refractivity contribution in [2.45, 2.75) is 27.3 Å². The zero-order valence-corrected chi connectivity index (χ0v) is 13.0. The quantitative estimate of drug-likeness (QED) is 0.934. The summed E-state index contributed by atoms with van der Waals surface area (Å²) in [5.41, 5.74) is 8.90. The predicted molar refractivity (Wildman–Crippen MR) is 85.1 cm³/mol. The molecule has 0 bridgehead atoms. The SMILES string of the molecule is CCN(Cc1cccc(C)c1)C(=O)c1cc(N)c(C)s1. The van der Waals surface area contributed by atoms with Crippen molar-refractivity contribution in [3.63, 3.8) is 0 Å². The molecule has 106 valence electrons. The fraction of sp³-hybridized carbons (Fsp3) is 0.312. The molecule has 1 aromatic carbocycles. The van der Waals surface area contributed by atoms with Crippen LogP contribution in [0.5, 0.6) is 0 Å². The van der Waals surface area contributed by atoms with Crippen LogP contribution in [0, 0.1) is 13.8 Å². The molecule has 0 saturated heterocycles. The van der Waals surface area contributed by atoms with Crippen molar-refractivity contribution in [3.05, 3.63) is 51.2 Å². The number of nitrogens with zero attached hydrogens (tertiary/aromatic N) is 1. The smallest absolute Gasteiger partial charge is 0.264 e. The van der Waals surface area contributed by atoms with Crippen LogP contribution in [-0.2, 0) is 6.54 Å². The number of carbonyl (C=O) groups excluding carboxylic acids is 1. The van der Waals surface area contributed by atoms with Crippen molar-refractivity contribution in [1.29, 1.82) is 0 Å². The minimum Gasteiger partial charge on any atom is -0.398 e. The summed E-state index contributed by atoms with van der Waals surface area (Å²) in [5, 5.41) is 0. The Labute approximate surface area is 124 Å². The van der Waals surface area contributed by atoms with Crippen LogP contribution >= 0.6 is 11.3 Å². The number of carbonyl (C=O) groups is 1. The number of amides is 1. The molecular weight excluding hydrogens is 268 g/mol. The third-order valence-corrected chi connectivity index (χ3v) is 4.35. The van der Waals surface area contributed by atoms with E-state index in [-0.39, 0.29) is 5.91 Å². The van der Waals surface area contributed by atoms with E-state index >= 15 is 0 Å². The molecule has 4 heteroatoms. The van der Waals surface area contributed by atoms with Crippen LogP contribution in [0.3, 0.4) is 0 Å². The van der Waals surface area contributed by atoms with Gasteiger partial charge in [0.1, 0.15) is 0 Å². The second-order valence-electron chi connectivity index (χ2n) is 4.93. The Balaban J connectivity index is 2.17. The minimum absolute atomic E-state index is 0.0545. The minimum atomic E-state index is 0.0545. The van der Waals surface area contributed by atoms with Gasteiger partial charge in [0.05, 0.1) is 4.88 Å². The maximum atomic E-state index is 12.5. The summed E-state index contributed by atoms with van der Waals surface area (Å²) in [5.74, 6) is 0.0545. The van der Waals surface area contributed by atoms with Gasteiger partial charge in [-0.05, 0) is 32.4 Å². The molecule has 2 N–H and O–H groups in total. The van der Waals surface area contributed by atoms with Crippen LogP contribution in [-0.4, -0.2) is 17.4 Å². The number of rotatable bonds is 4. The largest absolute Gasteiger partial charge is 0.398 e. The molecule has 0 aliphatic rings. The first kappa shape index (κ1) is 14.6. The molecule has 0 saturated carbocycles. The van der Waals surface area contributed by atoms with E-state index in [4.69, 9.17) is 5.73 Å². The maximum Gasteiger partial charge on any atom is 0.264 e. The van der Waals surface area contributed by atoms with Crippen molar-refractivity contribution in [2.24, 2.45) is 0 Å². The van der Waals surface area contributed by atoms with Gasteiger partial charge in [-0.25, -0.2) is 0 Å². The standard InChI is InChI=1S/C16H20N2OS/c1-4-18(10-13-7-5-6-11(2)8-13)16(19)15-9-14(17)12(3)20-15/h5-9H,4,10,17H2,1-3H3. The summed E-state index contributed by atoms with van der Waals surface area (Å²) in [4.78, 5) is 16.1. The summed E-state index contributed by atoms with van der Waals surface area (Å²) in [6, 6.07) is 10.0. The van der Waals surface area contributed by atoms with Crippen LogP contribution in [0.4, 0.5) is 5.69 Å². The van der Waals surface area contributed by atoms with Crippen LogP contribution in [0.1, 0.15) is 32.6 Å². The first-order valence-electron chi connectivity index (χ1n) is 6.72. The summed E-state index contributed by atoms with van der Waals surface area (Å²) >= 11 is 1.46. The molecule has 2 aromatic rings. The van der Waals surface area contributed by atoms with Gasteiger partial charge in [0.15, 0.2) is 0 Å². The molecular formula is C16H20N2OS. The lowest BCUT2D eigenvalue weighted by atomic mass is 10.1. The topological polar surface area (TPSA) is 46.3 Å². The van der Waals surface area contributed by atoms with Gasteiger partial charge in [0, 0.05) is 23.7 Å². The first-order valence-corrected chi connectivity index (χ1v) is 7.53. The van der Waals surface area contributed by atoms with E-state index in [1.165, 1.54) is 16.9 Å². The molecule has 0 spiro atoms. The zero-order valence-electron chi connectivity index (χ0n) is 12.1. The molecule has 3 nitrogen and oxygen atoms in total. The van der Waals surface area contributed by atoms with Crippen molar-refractivity contribution in [2.75, 3.05) is 12.3 Å². The molecule has 0 aliphatic carbocycles. The van der Waals surface area contributed by atoms with Gasteiger partial charge in [0.25, 0.3) is 5.91 Å². The number of nitrogens with two attached hydrogens (primary N) is 1. The van der Waals surface area contributed by atoms with Crippen molar-refractivity contribution < 1.29 is 4.79 Å². The van der Waals surface area contributed by atoms with Crippen molar-refractivity contribution >= 4 is 22.9 Å². The Kier molecular flexibility index (Phi) is 4.45. The Morgan fingerprint density at radius 3 is 2.60 bits per heavy atom. The fourth-order valence-electron chi connectivity index (χ4n) is 2.12. The van der Waals surface area contributed by atoms with Gasteiger partial charge in [-0.1, -0.05) is 29.8 Å². The molecule has 1 aromatic heterocycles. The molecule has 0 radical (unpaired) electrons. The highest BCUT2D eigenvalue weighted by atomic mass is 32.1. The third kappa shape index (κ3) is 3.20. The number of aryl methyl sites for hydroxylation is 2. The van der Waals surface area contributed by atoms with Gasteiger partial charge in [-0.3, -0.25) is 4.79 Å². The fourth-order valence-corrected chi connectivity index (χ4v) is 3.02. The number of hydrogen-bond donors (Lipinski definition) is 1. The monoisotopic (exact) mass is 288 g/mol. The molecule has 20 heavy (non-hydrogen) atoms. The van der Waals surface area contributed by atoms with Crippen LogP contribution in [0.25, 0.3) is 0 Å². The van der Waals surface area contributed by atoms with Crippen LogP contribution in [0.2, 0.25) is 0 Å². The van der Waals surface area contributed by atoms with E-state index in [9.17, 15) is 4.79 Å². The van der Waals surface area contributed by atoms with Crippen molar-refractivity contribution in [1.82, 2.24) is 4.90 Å². The average Bonchev–Trinajstić information content (AvgIpc) is 2.75. The third-order valence-electron chi connectivity index (χ3n) is 3.29. The van der Waals surface area contributed by atoms with E-state index < -0.39 is 0 Å². The Morgan fingerprint density at radius 1 is 1.30 bits per heavy atom. The lowest BCUT2D eigenvalue weighted by molar-refractivity contribution is 0.0757. The number of benzene rings is 1.